The summed E-state index contributed by atoms with van der Waals surface area (Å²) in [7, 11) is 4.75. The van der Waals surface area contributed by atoms with Gasteiger partial charge in [0.1, 0.15) is 0 Å². The number of hydrogen-bond donors (Lipinski definition) is 1. The number of aliphatic carboxylic acids is 1. The molecule has 1 atom stereocenters. The highest BCUT2D eigenvalue weighted by Crippen LogP contribution is 2.31. The fraction of sp³-hybridized carbons (Fsp3) is 0.533. The number of carboxylic acids is 1. The van der Waals surface area contributed by atoms with E-state index in [1.807, 2.05) is 30.0 Å². The van der Waals surface area contributed by atoms with Crippen molar-refractivity contribution in [2.24, 2.45) is 0 Å². The predicted octanol–water partition coefficient (Wildman–Crippen LogP) is 1.80. The fourth-order valence-corrected chi connectivity index (χ4v) is 2.12. The molecule has 6 heteroatoms. The first-order valence-corrected chi connectivity index (χ1v) is 6.70. The molecule has 0 fully saturated rings. The Labute approximate surface area is 125 Å². The number of benzene rings is 1. The van der Waals surface area contributed by atoms with E-state index in [-0.39, 0.29) is 12.6 Å². The molecule has 21 heavy (non-hydrogen) atoms. The van der Waals surface area contributed by atoms with Gasteiger partial charge in [-0.15, -0.1) is 0 Å². The fourth-order valence-electron chi connectivity index (χ4n) is 2.12. The molecule has 0 aromatic heterocycles. The van der Waals surface area contributed by atoms with Gasteiger partial charge in [0.25, 0.3) is 0 Å². The maximum Gasteiger partial charge on any atom is 0.317 e. The van der Waals surface area contributed by atoms with E-state index < -0.39 is 5.97 Å². The second kappa shape index (κ2) is 8.49. The number of nitrogens with zero attached hydrogens (tertiary/aromatic N) is 1. The predicted molar refractivity (Wildman–Crippen MR) is 79.0 cm³/mol. The van der Waals surface area contributed by atoms with Crippen LogP contribution in [0.3, 0.4) is 0 Å². The van der Waals surface area contributed by atoms with Crippen LogP contribution in [0.5, 0.6) is 11.5 Å². The van der Waals surface area contributed by atoms with Crippen LogP contribution in [0.15, 0.2) is 18.2 Å². The zero-order chi connectivity index (χ0) is 15.8. The highest BCUT2D eigenvalue weighted by Gasteiger charge is 2.19. The van der Waals surface area contributed by atoms with Crippen molar-refractivity contribution in [1.29, 1.82) is 0 Å². The third-order valence-electron chi connectivity index (χ3n) is 3.36. The maximum atomic E-state index is 11.0. The Balaban J connectivity index is 2.95. The lowest BCUT2D eigenvalue weighted by Gasteiger charge is -2.28. The van der Waals surface area contributed by atoms with Crippen LogP contribution in [0.1, 0.15) is 18.5 Å². The Kier molecular flexibility index (Phi) is 6.98. The number of methoxy groups -OCH3 is 3. The van der Waals surface area contributed by atoms with E-state index in [2.05, 4.69) is 0 Å². The summed E-state index contributed by atoms with van der Waals surface area (Å²) in [6, 6.07) is 5.52. The van der Waals surface area contributed by atoms with Crippen molar-refractivity contribution in [1.82, 2.24) is 4.90 Å². The van der Waals surface area contributed by atoms with E-state index in [1.165, 1.54) is 0 Å². The van der Waals surface area contributed by atoms with Crippen molar-refractivity contribution in [3.63, 3.8) is 0 Å². The average Bonchev–Trinajstić information content (AvgIpc) is 2.49. The Hall–Kier alpha value is -1.79. The first kappa shape index (κ1) is 17.3. The normalized spacial score (nSPS) is 12.2. The molecule has 1 N–H and O–H groups in total. The molecule has 1 unspecified atom stereocenters. The maximum absolute atomic E-state index is 11.0. The van der Waals surface area contributed by atoms with Gasteiger partial charge in [0.15, 0.2) is 11.5 Å². The topological polar surface area (TPSA) is 68.2 Å². The lowest BCUT2D eigenvalue weighted by Crippen LogP contribution is -2.35. The summed E-state index contributed by atoms with van der Waals surface area (Å²) < 4.78 is 15.5. The minimum atomic E-state index is -0.863. The van der Waals surface area contributed by atoms with E-state index in [4.69, 9.17) is 19.3 Å². The van der Waals surface area contributed by atoms with Crippen molar-refractivity contribution in [3.05, 3.63) is 23.8 Å². The molecule has 1 aromatic rings. The van der Waals surface area contributed by atoms with Crippen LogP contribution in [0.2, 0.25) is 0 Å². The molecule has 0 aliphatic carbocycles. The van der Waals surface area contributed by atoms with E-state index >= 15 is 0 Å². The summed E-state index contributed by atoms with van der Waals surface area (Å²) in [5.41, 5.74) is 0.963. The molecular weight excluding hydrogens is 274 g/mol. The molecule has 1 aromatic carbocycles. The van der Waals surface area contributed by atoms with Crippen LogP contribution in [0, 0.1) is 0 Å². The smallest absolute Gasteiger partial charge is 0.317 e. The molecule has 0 amide bonds. The molecule has 1 rings (SSSR count). The van der Waals surface area contributed by atoms with Crippen LogP contribution in [-0.2, 0) is 9.53 Å². The molecular formula is C15H23NO5. The second-order valence-corrected chi connectivity index (χ2v) is 4.65. The summed E-state index contributed by atoms with van der Waals surface area (Å²) in [6.45, 7) is 2.93. The molecule has 0 aliphatic heterocycles. The minimum absolute atomic E-state index is 0.0428. The first-order chi connectivity index (χ1) is 10.0. The van der Waals surface area contributed by atoms with Crippen LogP contribution in [-0.4, -0.2) is 57.0 Å². The number of hydrogen-bond acceptors (Lipinski definition) is 5. The highest BCUT2D eigenvalue weighted by molar-refractivity contribution is 5.69. The van der Waals surface area contributed by atoms with Crippen LogP contribution in [0.4, 0.5) is 0 Å². The van der Waals surface area contributed by atoms with Crippen molar-refractivity contribution in [2.45, 2.75) is 13.0 Å². The quantitative estimate of drug-likeness (QED) is 0.749. The van der Waals surface area contributed by atoms with Gasteiger partial charge in [0.2, 0.25) is 0 Å². The number of carboxylic acid groups (broad SMARTS) is 1. The number of ether oxygens (including phenoxy) is 3. The average molecular weight is 297 g/mol. The van der Waals surface area contributed by atoms with Crippen molar-refractivity contribution < 1.29 is 24.1 Å². The van der Waals surface area contributed by atoms with E-state index in [0.29, 0.717) is 24.7 Å². The largest absolute Gasteiger partial charge is 0.493 e. The second-order valence-electron chi connectivity index (χ2n) is 4.65. The standard InChI is InChI=1S/C15H23NO5/c1-11(16(7-8-19-2)10-15(17)18)12-5-6-13(20-3)14(9-12)21-4/h5-6,9,11H,7-8,10H2,1-4H3,(H,17,18). The third kappa shape index (κ3) is 4.91. The number of rotatable bonds is 9. The molecule has 0 aliphatic rings. The molecule has 0 radical (unpaired) electrons. The zero-order valence-corrected chi connectivity index (χ0v) is 13.0. The lowest BCUT2D eigenvalue weighted by atomic mass is 10.1. The highest BCUT2D eigenvalue weighted by atomic mass is 16.5. The van der Waals surface area contributed by atoms with Gasteiger partial charge in [-0.05, 0) is 24.6 Å². The Morgan fingerprint density at radius 1 is 1.24 bits per heavy atom. The van der Waals surface area contributed by atoms with Crippen molar-refractivity contribution >= 4 is 5.97 Å². The van der Waals surface area contributed by atoms with Crippen LogP contribution < -0.4 is 9.47 Å². The SMILES string of the molecule is COCCN(CC(=O)O)C(C)c1ccc(OC)c(OC)c1. The summed E-state index contributed by atoms with van der Waals surface area (Å²) in [5, 5.41) is 9.03. The Bertz CT molecular complexity index is 463. The van der Waals surface area contributed by atoms with Crippen molar-refractivity contribution in [3.8, 4) is 11.5 Å². The Morgan fingerprint density at radius 3 is 2.43 bits per heavy atom. The molecule has 0 bridgehead atoms. The van der Waals surface area contributed by atoms with Gasteiger partial charge >= 0.3 is 5.97 Å². The molecule has 0 saturated carbocycles. The molecule has 6 nitrogen and oxygen atoms in total. The van der Waals surface area contributed by atoms with Crippen LogP contribution >= 0.6 is 0 Å². The zero-order valence-electron chi connectivity index (χ0n) is 13.0. The van der Waals surface area contributed by atoms with Crippen LogP contribution in [0.25, 0.3) is 0 Å². The van der Waals surface area contributed by atoms with E-state index in [9.17, 15) is 4.79 Å². The van der Waals surface area contributed by atoms with Gasteiger partial charge in [0, 0.05) is 19.7 Å². The van der Waals surface area contributed by atoms with E-state index in [1.54, 1.807) is 21.3 Å². The molecule has 0 heterocycles. The molecule has 0 spiro atoms. The summed E-state index contributed by atoms with van der Waals surface area (Å²) >= 11 is 0. The third-order valence-corrected chi connectivity index (χ3v) is 3.36. The van der Waals surface area contributed by atoms with Gasteiger partial charge in [-0.1, -0.05) is 6.07 Å². The van der Waals surface area contributed by atoms with Gasteiger partial charge < -0.3 is 19.3 Å². The summed E-state index contributed by atoms with van der Waals surface area (Å²) in [5.74, 6) is 0.414. The van der Waals surface area contributed by atoms with Gasteiger partial charge in [-0.2, -0.15) is 0 Å². The first-order valence-electron chi connectivity index (χ1n) is 6.70. The molecule has 0 saturated heterocycles. The summed E-state index contributed by atoms with van der Waals surface area (Å²) in [4.78, 5) is 12.8. The van der Waals surface area contributed by atoms with E-state index in [0.717, 1.165) is 5.56 Å². The summed E-state index contributed by atoms with van der Waals surface area (Å²) in [6.07, 6.45) is 0. The minimum Gasteiger partial charge on any atom is -0.493 e. The molecule has 118 valence electrons. The lowest BCUT2D eigenvalue weighted by molar-refractivity contribution is -0.139. The Morgan fingerprint density at radius 2 is 1.90 bits per heavy atom. The van der Waals surface area contributed by atoms with Crippen molar-refractivity contribution in [2.75, 3.05) is 41.0 Å². The number of carbonyl (C=O) groups is 1. The monoisotopic (exact) mass is 297 g/mol. The van der Waals surface area contributed by atoms with Gasteiger partial charge in [-0.25, -0.2) is 0 Å². The van der Waals surface area contributed by atoms with Gasteiger partial charge in [0.05, 0.1) is 27.4 Å². The van der Waals surface area contributed by atoms with Gasteiger partial charge in [-0.3, -0.25) is 9.69 Å².